The molecular formula is C11H19NO4. The number of carbonyl (C=O) groups is 1. The van der Waals surface area contributed by atoms with Crippen LogP contribution in [0.2, 0.25) is 0 Å². The fraction of sp³-hybridized carbons (Fsp3) is 0.909. The van der Waals surface area contributed by atoms with Crippen LogP contribution in [0.3, 0.4) is 0 Å². The van der Waals surface area contributed by atoms with Crippen LogP contribution >= 0.6 is 0 Å². The molecule has 0 aliphatic carbocycles. The fourth-order valence-corrected chi connectivity index (χ4v) is 2.68. The Balaban J connectivity index is 2.17. The minimum atomic E-state index is -0.658. The lowest BCUT2D eigenvalue weighted by atomic mass is 9.87. The molecule has 0 unspecified atom stereocenters. The van der Waals surface area contributed by atoms with Gasteiger partial charge in [0.15, 0.2) is 0 Å². The van der Waals surface area contributed by atoms with Crippen molar-refractivity contribution in [2.45, 2.75) is 44.4 Å². The van der Waals surface area contributed by atoms with Crippen molar-refractivity contribution in [2.24, 2.45) is 5.92 Å². The van der Waals surface area contributed by atoms with Crippen LogP contribution < -0.4 is 0 Å². The van der Waals surface area contributed by atoms with Crippen molar-refractivity contribution in [3.8, 4) is 0 Å². The van der Waals surface area contributed by atoms with E-state index in [1.165, 1.54) is 7.11 Å². The van der Waals surface area contributed by atoms with Gasteiger partial charge >= 0.3 is 5.97 Å². The molecule has 2 aliphatic heterocycles. The summed E-state index contributed by atoms with van der Waals surface area (Å²) in [5.74, 6) is -0.634. The average molecular weight is 229 g/mol. The SMILES string of the molecule is COC(=O)[C@H]1[C@H]([C@@H](C)O)ON2CCCC[C@H]12. The summed E-state index contributed by atoms with van der Waals surface area (Å²) in [5.41, 5.74) is 0. The Hall–Kier alpha value is -0.650. The molecular weight excluding hydrogens is 210 g/mol. The second kappa shape index (κ2) is 4.69. The minimum Gasteiger partial charge on any atom is -0.469 e. The van der Waals surface area contributed by atoms with Gasteiger partial charge in [-0.25, -0.2) is 0 Å². The second-order valence-electron chi connectivity index (χ2n) is 4.56. The van der Waals surface area contributed by atoms with Gasteiger partial charge in [-0.05, 0) is 19.8 Å². The Morgan fingerprint density at radius 3 is 2.94 bits per heavy atom. The van der Waals surface area contributed by atoms with Crippen molar-refractivity contribution in [1.29, 1.82) is 0 Å². The van der Waals surface area contributed by atoms with Crippen LogP contribution in [0.1, 0.15) is 26.2 Å². The molecule has 2 saturated heterocycles. The van der Waals surface area contributed by atoms with E-state index in [0.717, 1.165) is 25.8 Å². The number of methoxy groups -OCH3 is 1. The summed E-state index contributed by atoms with van der Waals surface area (Å²) in [6, 6.07) is 0.0702. The quantitative estimate of drug-likeness (QED) is 0.691. The summed E-state index contributed by atoms with van der Waals surface area (Å²) in [6.45, 7) is 2.49. The van der Waals surface area contributed by atoms with E-state index in [9.17, 15) is 9.90 Å². The van der Waals surface area contributed by atoms with Crippen molar-refractivity contribution >= 4 is 5.97 Å². The Kier molecular flexibility index (Phi) is 3.47. The molecule has 0 aromatic heterocycles. The van der Waals surface area contributed by atoms with Crippen molar-refractivity contribution in [1.82, 2.24) is 5.06 Å². The first-order chi connectivity index (χ1) is 7.65. The molecule has 0 aromatic rings. The van der Waals surface area contributed by atoms with Crippen LogP contribution in [0, 0.1) is 5.92 Å². The third-order valence-electron chi connectivity index (χ3n) is 3.47. The molecule has 2 heterocycles. The van der Waals surface area contributed by atoms with E-state index in [4.69, 9.17) is 9.57 Å². The normalized spacial score (nSPS) is 36.8. The molecule has 2 rings (SSSR count). The predicted molar refractivity (Wildman–Crippen MR) is 56.4 cm³/mol. The predicted octanol–water partition coefficient (Wildman–Crippen LogP) is 0.325. The van der Waals surface area contributed by atoms with E-state index in [1.807, 2.05) is 5.06 Å². The van der Waals surface area contributed by atoms with Crippen LogP contribution in [0.15, 0.2) is 0 Å². The molecule has 0 aromatic carbocycles. The lowest BCUT2D eigenvalue weighted by Crippen LogP contribution is -2.41. The third-order valence-corrected chi connectivity index (χ3v) is 3.47. The number of fused-ring (bicyclic) bond motifs is 1. The van der Waals surface area contributed by atoms with Gasteiger partial charge in [0.2, 0.25) is 0 Å². The lowest BCUT2D eigenvalue weighted by molar-refractivity contribution is -0.191. The number of ether oxygens (including phenoxy) is 1. The Labute approximate surface area is 95.3 Å². The maximum Gasteiger partial charge on any atom is 0.313 e. The molecule has 0 radical (unpaired) electrons. The number of hydrogen-bond donors (Lipinski definition) is 1. The second-order valence-corrected chi connectivity index (χ2v) is 4.56. The maximum atomic E-state index is 11.7. The van der Waals surface area contributed by atoms with Crippen LogP contribution in [-0.2, 0) is 14.4 Å². The highest BCUT2D eigenvalue weighted by Gasteiger charge is 2.50. The summed E-state index contributed by atoms with van der Waals surface area (Å²) in [4.78, 5) is 17.4. The molecule has 0 saturated carbocycles. The largest absolute Gasteiger partial charge is 0.469 e. The first kappa shape index (κ1) is 11.8. The van der Waals surface area contributed by atoms with Crippen molar-refractivity contribution in [3.63, 3.8) is 0 Å². The van der Waals surface area contributed by atoms with Crippen molar-refractivity contribution < 1.29 is 19.5 Å². The summed E-state index contributed by atoms with van der Waals surface area (Å²) in [5, 5.41) is 11.5. The number of aliphatic hydroxyl groups is 1. The van der Waals surface area contributed by atoms with Gasteiger partial charge in [0, 0.05) is 6.54 Å². The molecule has 92 valence electrons. The van der Waals surface area contributed by atoms with Gasteiger partial charge < -0.3 is 9.84 Å². The molecule has 2 fully saturated rings. The first-order valence-corrected chi connectivity index (χ1v) is 5.84. The zero-order valence-corrected chi connectivity index (χ0v) is 9.76. The fourth-order valence-electron chi connectivity index (χ4n) is 2.68. The molecule has 5 nitrogen and oxygen atoms in total. The van der Waals surface area contributed by atoms with E-state index in [1.54, 1.807) is 6.92 Å². The molecule has 1 N–H and O–H groups in total. The summed E-state index contributed by atoms with van der Waals surface area (Å²) < 4.78 is 4.81. The van der Waals surface area contributed by atoms with Gasteiger partial charge in [-0.1, -0.05) is 6.42 Å². The van der Waals surface area contributed by atoms with Gasteiger partial charge in [-0.3, -0.25) is 9.63 Å². The maximum absolute atomic E-state index is 11.7. The van der Waals surface area contributed by atoms with Crippen LogP contribution in [-0.4, -0.2) is 48.0 Å². The molecule has 0 amide bonds. The first-order valence-electron chi connectivity index (χ1n) is 5.84. The van der Waals surface area contributed by atoms with Gasteiger partial charge in [0.05, 0.1) is 19.3 Å². The van der Waals surface area contributed by atoms with Gasteiger partial charge in [-0.15, -0.1) is 0 Å². The highest BCUT2D eigenvalue weighted by atomic mass is 16.7. The number of carbonyl (C=O) groups excluding carboxylic acids is 1. The van der Waals surface area contributed by atoms with Crippen LogP contribution in [0.4, 0.5) is 0 Å². The molecule has 16 heavy (non-hydrogen) atoms. The van der Waals surface area contributed by atoms with Crippen molar-refractivity contribution in [2.75, 3.05) is 13.7 Å². The zero-order chi connectivity index (χ0) is 11.7. The summed E-state index contributed by atoms with van der Waals surface area (Å²) >= 11 is 0. The number of esters is 1. The highest BCUT2D eigenvalue weighted by Crippen LogP contribution is 2.36. The zero-order valence-electron chi connectivity index (χ0n) is 9.76. The van der Waals surface area contributed by atoms with Crippen molar-refractivity contribution in [3.05, 3.63) is 0 Å². The Morgan fingerprint density at radius 1 is 1.56 bits per heavy atom. The smallest absolute Gasteiger partial charge is 0.313 e. The lowest BCUT2D eigenvalue weighted by Gasteiger charge is -2.28. The van der Waals surface area contributed by atoms with Crippen LogP contribution in [0.5, 0.6) is 0 Å². The Morgan fingerprint density at radius 2 is 2.31 bits per heavy atom. The number of aliphatic hydroxyl groups excluding tert-OH is 1. The van der Waals surface area contributed by atoms with E-state index in [0.29, 0.717) is 0 Å². The van der Waals surface area contributed by atoms with Crippen LogP contribution in [0.25, 0.3) is 0 Å². The number of rotatable bonds is 2. The van der Waals surface area contributed by atoms with Gasteiger partial charge in [0.25, 0.3) is 0 Å². The minimum absolute atomic E-state index is 0.0702. The highest BCUT2D eigenvalue weighted by molar-refractivity contribution is 5.74. The molecule has 0 bridgehead atoms. The van der Waals surface area contributed by atoms with E-state index in [-0.39, 0.29) is 17.9 Å². The monoisotopic (exact) mass is 229 g/mol. The molecule has 4 atom stereocenters. The summed E-state index contributed by atoms with van der Waals surface area (Å²) in [7, 11) is 1.38. The number of hydroxylamine groups is 2. The standard InChI is InChI=1S/C11H19NO4/c1-7(13)10-9(11(14)15-2)8-5-3-4-6-12(8)16-10/h7-10,13H,3-6H2,1-2H3/t7-,8-,9-,10+/m1/s1. The number of piperidine rings is 1. The molecule has 5 heteroatoms. The van der Waals surface area contributed by atoms with E-state index < -0.39 is 12.2 Å². The molecule has 0 spiro atoms. The average Bonchev–Trinajstić information content (AvgIpc) is 2.67. The molecule has 2 aliphatic rings. The van der Waals surface area contributed by atoms with E-state index >= 15 is 0 Å². The van der Waals surface area contributed by atoms with E-state index in [2.05, 4.69) is 0 Å². The number of hydrogen-bond acceptors (Lipinski definition) is 5. The van der Waals surface area contributed by atoms with Gasteiger partial charge in [-0.2, -0.15) is 5.06 Å². The third kappa shape index (κ3) is 1.95. The Bertz CT molecular complexity index is 267. The number of nitrogens with zero attached hydrogens (tertiary/aromatic N) is 1. The summed E-state index contributed by atoms with van der Waals surface area (Å²) in [6.07, 6.45) is 2.00. The topological polar surface area (TPSA) is 59.0 Å². The van der Waals surface area contributed by atoms with Gasteiger partial charge in [0.1, 0.15) is 12.0 Å².